The molecule has 0 fully saturated rings. The van der Waals surface area contributed by atoms with Crippen molar-refractivity contribution in [3.8, 4) is 0 Å². The highest BCUT2D eigenvalue weighted by atomic mass is 16.2. The van der Waals surface area contributed by atoms with Crippen LogP contribution in [0.15, 0.2) is 29.3 Å². The van der Waals surface area contributed by atoms with Crippen LogP contribution in [0.3, 0.4) is 0 Å². The van der Waals surface area contributed by atoms with Crippen LogP contribution in [0.5, 0.6) is 0 Å². The predicted molar refractivity (Wildman–Crippen MR) is 113 cm³/mol. The maximum atomic E-state index is 11.9. The third kappa shape index (κ3) is 3.03. The van der Waals surface area contributed by atoms with Gasteiger partial charge in [0.15, 0.2) is 5.82 Å². The molecule has 0 saturated carbocycles. The average molecular weight is 377 g/mol. The van der Waals surface area contributed by atoms with Gasteiger partial charge in [0.2, 0.25) is 5.91 Å². The van der Waals surface area contributed by atoms with Crippen LogP contribution in [0.1, 0.15) is 49.1 Å². The van der Waals surface area contributed by atoms with Gasteiger partial charge in [-0.3, -0.25) is 14.9 Å². The highest BCUT2D eigenvalue weighted by molar-refractivity contribution is 6.09. The van der Waals surface area contributed by atoms with Crippen LogP contribution in [0, 0.1) is 0 Å². The molecule has 1 aromatic heterocycles. The number of nitrogens with zero attached hydrogens (tertiary/aromatic N) is 4. The molecule has 1 aromatic carbocycles. The molecule has 0 radical (unpaired) electrons. The molecule has 0 bridgehead atoms. The number of anilines is 2. The van der Waals surface area contributed by atoms with Gasteiger partial charge in [0, 0.05) is 62.6 Å². The van der Waals surface area contributed by atoms with E-state index >= 15 is 0 Å². The van der Waals surface area contributed by atoms with E-state index in [1.54, 1.807) is 14.0 Å². The maximum absolute atomic E-state index is 11.9. The van der Waals surface area contributed by atoms with Crippen LogP contribution in [0.2, 0.25) is 0 Å². The topological polar surface area (TPSA) is 64.6 Å². The molecule has 146 valence electrons. The summed E-state index contributed by atoms with van der Waals surface area (Å²) in [6, 6.07) is 6.62. The van der Waals surface area contributed by atoms with Crippen LogP contribution in [-0.2, 0) is 17.8 Å². The van der Waals surface area contributed by atoms with E-state index in [1.807, 2.05) is 18.0 Å². The summed E-state index contributed by atoms with van der Waals surface area (Å²) >= 11 is 0. The summed E-state index contributed by atoms with van der Waals surface area (Å²) in [6.45, 7) is 8.21. The fourth-order valence-electron chi connectivity index (χ4n) is 4.27. The van der Waals surface area contributed by atoms with Crippen molar-refractivity contribution in [3.63, 3.8) is 0 Å². The molecule has 3 heterocycles. The average Bonchev–Trinajstić information content (AvgIpc) is 3.26. The smallest absolute Gasteiger partial charge is 0.219 e. The third-order valence-electron chi connectivity index (χ3n) is 5.83. The summed E-state index contributed by atoms with van der Waals surface area (Å²) in [5, 5.41) is 7.85. The van der Waals surface area contributed by atoms with Crippen molar-refractivity contribution in [2.45, 2.75) is 39.7 Å². The molecule has 1 atom stereocenters. The quantitative estimate of drug-likeness (QED) is 0.830. The molecule has 2 aliphatic rings. The molecule has 6 nitrogen and oxygen atoms in total. The highest BCUT2D eigenvalue weighted by Crippen LogP contribution is 2.43. The van der Waals surface area contributed by atoms with Crippen LogP contribution in [0.4, 0.5) is 11.5 Å². The van der Waals surface area contributed by atoms with Crippen molar-refractivity contribution >= 4 is 29.2 Å². The SMILES string of the molecule is C/C=C(\C=N/C)c1ccc2c(c1)C(C)CN2c1n[nH]c2c1CN(C(C)=O)CC2. The monoisotopic (exact) mass is 377 g/mol. The Morgan fingerprint density at radius 3 is 2.93 bits per heavy atom. The standard InChI is InChI=1S/C22H27N5O/c1-5-16(11-23-4)17-6-7-21-18(10-17)14(2)12-27(21)22-19-13-26(15(3)28)9-8-20(19)24-25-22/h5-7,10-11,14H,8-9,12-13H2,1-4H3,(H,24,25)/b16-5+,23-11-. The number of H-pyrrole nitrogens is 1. The van der Waals surface area contributed by atoms with Crippen LogP contribution < -0.4 is 4.90 Å². The van der Waals surface area contributed by atoms with Crippen LogP contribution >= 0.6 is 0 Å². The predicted octanol–water partition coefficient (Wildman–Crippen LogP) is 3.67. The van der Waals surface area contributed by atoms with E-state index in [-0.39, 0.29) is 5.91 Å². The van der Waals surface area contributed by atoms with Crippen molar-refractivity contribution in [3.05, 3.63) is 46.7 Å². The summed E-state index contributed by atoms with van der Waals surface area (Å²) in [7, 11) is 1.80. The van der Waals surface area contributed by atoms with Crippen molar-refractivity contribution in [2.24, 2.45) is 4.99 Å². The van der Waals surface area contributed by atoms with Gasteiger partial charge in [-0.05, 0) is 35.8 Å². The molecule has 0 spiro atoms. The lowest BCUT2D eigenvalue weighted by Gasteiger charge is -2.27. The Bertz CT molecular complexity index is 971. The summed E-state index contributed by atoms with van der Waals surface area (Å²) in [5.74, 6) is 1.49. The van der Waals surface area contributed by atoms with Crippen molar-refractivity contribution in [1.82, 2.24) is 15.1 Å². The Balaban J connectivity index is 1.71. The van der Waals surface area contributed by atoms with E-state index < -0.39 is 0 Å². The van der Waals surface area contributed by atoms with E-state index in [2.05, 4.69) is 51.3 Å². The van der Waals surface area contributed by atoms with Crippen LogP contribution in [-0.4, -0.2) is 47.4 Å². The molecule has 28 heavy (non-hydrogen) atoms. The second kappa shape index (κ2) is 7.26. The molecule has 0 saturated heterocycles. The first-order valence-corrected chi connectivity index (χ1v) is 9.85. The molecule has 4 rings (SSSR count). The minimum Gasteiger partial charge on any atom is -0.338 e. The molecule has 0 aliphatic carbocycles. The molecule has 1 unspecified atom stereocenters. The number of aromatic amines is 1. The molecular formula is C22H27N5O. The number of carbonyl (C=O) groups is 1. The van der Waals surface area contributed by atoms with E-state index in [0.29, 0.717) is 12.5 Å². The van der Waals surface area contributed by atoms with Crippen molar-refractivity contribution < 1.29 is 4.79 Å². The minimum absolute atomic E-state index is 0.120. The zero-order valence-electron chi connectivity index (χ0n) is 17.0. The molecule has 2 aromatic rings. The van der Waals surface area contributed by atoms with Gasteiger partial charge in [-0.25, -0.2) is 0 Å². The number of hydrogen-bond donors (Lipinski definition) is 1. The Kier molecular flexibility index (Phi) is 4.79. The van der Waals surface area contributed by atoms with Gasteiger partial charge in [-0.1, -0.05) is 19.1 Å². The number of allylic oxidation sites excluding steroid dienone is 2. The van der Waals surface area contributed by atoms with Gasteiger partial charge in [-0.15, -0.1) is 0 Å². The Morgan fingerprint density at radius 1 is 1.39 bits per heavy atom. The van der Waals surface area contributed by atoms with Gasteiger partial charge in [0.05, 0.1) is 6.54 Å². The first-order chi connectivity index (χ1) is 13.5. The second-order valence-corrected chi connectivity index (χ2v) is 7.61. The molecule has 6 heteroatoms. The fourth-order valence-corrected chi connectivity index (χ4v) is 4.27. The lowest BCUT2D eigenvalue weighted by molar-refractivity contribution is -0.129. The summed E-state index contributed by atoms with van der Waals surface area (Å²) in [6.07, 6.45) is 4.82. The zero-order valence-corrected chi connectivity index (χ0v) is 17.0. The van der Waals surface area contributed by atoms with E-state index in [4.69, 9.17) is 0 Å². The van der Waals surface area contributed by atoms with Crippen molar-refractivity contribution in [1.29, 1.82) is 0 Å². The third-order valence-corrected chi connectivity index (χ3v) is 5.83. The number of benzene rings is 1. The number of aromatic nitrogens is 2. The van der Waals surface area contributed by atoms with E-state index in [9.17, 15) is 4.79 Å². The molecule has 2 aliphatic heterocycles. The number of hydrogen-bond acceptors (Lipinski definition) is 4. The molecular weight excluding hydrogens is 350 g/mol. The Hall–Kier alpha value is -2.89. The number of nitrogens with one attached hydrogen (secondary N) is 1. The lowest BCUT2D eigenvalue weighted by atomic mass is 9.97. The summed E-state index contributed by atoms with van der Waals surface area (Å²) in [5.41, 5.74) is 7.16. The second-order valence-electron chi connectivity index (χ2n) is 7.61. The molecule has 1 amide bonds. The van der Waals surface area contributed by atoms with Gasteiger partial charge >= 0.3 is 0 Å². The number of amides is 1. The Labute approximate surface area is 166 Å². The highest BCUT2D eigenvalue weighted by Gasteiger charge is 2.32. The van der Waals surface area contributed by atoms with Gasteiger partial charge in [-0.2, -0.15) is 5.10 Å². The van der Waals surface area contributed by atoms with Crippen molar-refractivity contribution in [2.75, 3.05) is 25.0 Å². The summed E-state index contributed by atoms with van der Waals surface area (Å²) < 4.78 is 0. The maximum Gasteiger partial charge on any atom is 0.219 e. The lowest BCUT2D eigenvalue weighted by Crippen LogP contribution is -2.34. The largest absolute Gasteiger partial charge is 0.338 e. The fraction of sp³-hybridized carbons (Fsp3) is 0.409. The minimum atomic E-state index is 0.120. The first kappa shape index (κ1) is 18.5. The summed E-state index contributed by atoms with van der Waals surface area (Å²) in [4.78, 5) is 20.2. The Morgan fingerprint density at radius 2 is 2.21 bits per heavy atom. The zero-order chi connectivity index (χ0) is 19.8. The molecule has 1 N–H and O–H groups in total. The van der Waals surface area contributed by atoms with Gasteiger partial charge in [0.25, 0.3) is 0 Å². The van der Waals surface area contributed by atoms with Crippen LogP contribution in [0.25, 0.3) is 5.57 Å². The van der Waals surface area contributed by atoms with Gasteiger partial charge < -0.3 is 9.80 Å². The van der Waals surface area contributed by atoms with Gasteiger partial charge in [0.1, 0.15) is 0 Å². The van der Waals surface area contributed by atoms with E-state index in [0.717, 1.165) is 42.2 Å². The normalized spacial score (nSPS) is 19.3. The van der Waals surface area contributed by atoms with E-state index in [1.165, 1.54) is 16.8 Å². The first-order valence-electron chi connectivity index (χ1n) is 9.85. The number of carbonyl (C=O) groups excluding carboxylic acids is 1. The number of aliphatic imine (C=N–C) groups is 1. The number of rotatable bonds is 3. The number of fused-ring (bicyclic) bond motifs is 2.